The van der Waals surface area contributed by atoms with E-state index in [9.17, 15) is 4.79 Å². The van der Waals surface area contributed by atoms with Gasteiger partial charge in [-0.15, -0.1) is 0 Å². The molecule has 2 aliphatic heterocycles. The van der Waals surface area contributed by atoms with Crippen LogP contribution in [0.4, 0.5) is 11.4 Å². The summed E-state index contributed by atoms with van der Waals surface area (Å²) >= 11 is 1.38. The van der Waals surface area contributed by atoms with Crippen molar-refractivity contribution in [2.24, 2.45) is 4.99 Å². The van der Waals surface area contributed by atoms with Crippen molar-refractivity contribution in [1.29, 1.82) is 0 Å². The highest BCUT2D eigenvalue weighted by atomic mass is 32.2. The van der Waals surface area contributed by atoms with E-state index in [-0.39, 0.29) is 5.91 Å². The molecule has 0 unspecified atom stereocenters. The Morgan fingerprint density at radius 2 is 1.86 bits per heavy atom. The minimum absolute atomic E-state index is 0.106. The van der Waals surface area contributed by atoms with E-state index in [2.05, 4.69) is 40.3 Å². The van der Waals surface area contributed by atoms with E-state index in [1.165, 1.54) is 23.0 Å². The summed E-state index contributed by atoms with van der Waals surface area (Å²) in [7, 11) is 0. The third kappa shape index (κ3) is 4.29. The lowest BCUT2D eigenvalue weighted by atomic mass is 10.1. The molecule has 2 saturated heterocycles. The number of amides is 1. The van der Waals surface area contributed by atoms with E-state index in [0.29, 0.717) is 10.1 Å². The fourth-order valence-electron chi connectivity index (χ4n) is 3.28. The van der Waals surface area contributed by atoms with Gasteiger partial charge in [-0.2, -0.15) is 0 Å². The Hall–Kier alpha value is -2.57. The number of anilines is 1. The molecule has 6 heteroatoms. The number of carbonyl (C=O) groups excluding carboxylic acids is 1. The first-order valence-electron chi connectivity index (χ1n) is 9.38. The topological polar surface area (TPSA) is 53.9 Å². The summed E-state index contributed by atoms with van der Waals surface area (Å²) in [6.45, 7) is 7.45. The number of nitrogens with zero attached hydrogens (tertiary/aromatic N) is 2. The Morgan fingerprint density at radius 1 is 1.11 bits per heavy atom. The molecule has 4 rings (SSSR count). The van der Waals surface area contributed by atoms with Crippen molar-refractivity contribution < 1.29 is 9.53 Å². The van der Waals surface area contributed by atoms with Crippen LogP contribution < -0.4 is 10.2 Å². The molecule has 5 nitrogen and oxygen atoms in total. The van der Waals surface area contributed by atoms with E-state index < -0.39 is 0 Å². The minimum Gasteiger partial charge on any atom is -0.378 e. The quantitative estimate of drug-likeness (QED) is 0.800. The predicted molar refractivity (Wildman–Crippen MR) is 116 cm³/mol. The van der Waals surface area contributed by atoms with Gasteiger partial charge in [0.05, 0.1) is 23.8 Å². The number of ether oxygens (including phenoxy) is 1. The Bertz CT molecular complexity index is 945. The molecule has 0 atom stereocenters. The third-order valence-corrected chi connectivity index (χ3v) is 5.70. The van der Waals surface area contributed by atoms with Crippen LogP contribution in [0, 0.1) is 13.8 Å². The van der Waals surface area contributed by atoms with Crippen LogP contribution in [0.5, 0.6) is 0 Å². The minimum atomic E-state index is -0.106. The largest absolute Gasteiger partial charge is 0.378 e. The van der Waals surface area contributed by atoms with Crippen LogP contribution >= 0.6 is 11.8 Å². The monoisotopic (exact) mass is 393 g/mol. The molecule has 2 aliphatic rings. The molecule has 0 bridgehead atoms. The number of carbonyl (C=O) groups is 1. The molecule has 1 amide bonds. The number of thioether (sulfide) groups is 1. The van der Waals surface area contributed by atoms with Gasteiger partial charge in [0.25, 0.3) is 5.91 Å². The molecule has 28 heavy (non-hydrogen) atoms. The van der Waals surface area contributed by atoms with E-state index >= 15 is 0 Å². The summed E-state index contributed by atoms with van der Waals surface area (Å²) in [5, 5.41) is 3.48. The summed E-state index contributed by atoms with van der Waals surface area (Å²) in [4.78, 5) is 19.9. The summed E-state index contributed by atoms with van der Waals surface area (Å²) in [6, 6.07) is 14.4. The number of aliphatic imine (C=N–C) groups is 1. The zero-order valence-electron chi connectivity index (χ0n) is 16.1. The molecule has 144 valence electrons. The van der Waals surface area contributed by atoms with Gasteiger partial charge in [0.15, 0.2) is 5.17 Å². The number of amidine groups is 1. The van der Waals surface area contributed by atoms with Crippen LogP contribution in [-0.2, 0) is 9.53 Å². The summed E-state index contributed by atoms with van der Waals surface area (Å²) in [5.74, 6) is -0.106. The molecule has 0 aliphatic carbocycles. The van der Waals surface area contributed by atoms with Crippen LogP contribution in [0.1, 0.15) is 16.7 Å². The fraction of sp³-hybridized carbons (Fsp3) is 0.273. The lowest BCUT2D eigenvalue weighted by Crippen LogP contribution is -2.36. The first kappa shape index (κ1) is 18.8. The number of aryl methyl sites for hydroxylation is 2. The highest BCUT2D eigenvalue weighted by Crippen LogP contribution is 2.29. The number of benzene rings is 2. The van der Waals surface area contributed by atoms with Crippen LogP contribution in [0.3, 0.4) is 0 Å². The maximum atomic E-state index is 12.3. The predicted octanol–water partition coefficient (Wildman–Crippen LogP) is 4.03. The van der Waals surface area contributed by atoms with Gasteiger partial charge in [-0.3, -0.25) is 4.79 Å². The smallest absolute Gasteiger partial charge is 0.264 e. The molecule has 2 aromatic rings. The maximum absolute atomic E-state index is 12.3. The molecule has 2 heterocycles. The molecule has 0 spiro atoms. The highest BCUT2D eigenvalue weighted by molar-refractivity contribution is 8.18. The van der Waals surface area contributed by atoms with Crippen molar-refractivity contribution >= 4 is 40.3 Å². The average molecular weight is 394 g/mol. The van der Waals surface area contributed by atoms with Crippen molar-refractivity contribution in [3.8, 4) is 0 Å². The third-order valence-electron chi connectivity index (χ3n) is 4.79. The number of nitrogens with one attached hydrogen (secondary N) is 1. The SMILES string of the molecule is Cc1ccc(N=C2NC(=O)/C(=C/c3ccc(N4CCOCC4)cc3)S2)c(C)c1. The van der Waals surface area contributed by atoms with E-state index in [0.717, 1.165) is 43.1 Å². The number of hydrogen-bond acceptors (Lipinski definition) is 5. The Balaban J connectivity index is 1.49. The van der Waals surface area contributed by atoms with Crippen LogP contribution in [-0.4, -0.2) is 37.4 Å². The van der Waals surface area contributed by atoms with Gasteiger partial charge in [-0.25, -0.2) is 4.99 Å². The Kier molecular flexibility index (Phi) is 5.50. The molecule has 2 fully saturated rings. The first-order valence-corrected chi connectivity index (χ1v) is 10.2. The number of hydrogen-bond donors (Lipinski definition) is 1. The second-order valence-corrected chi connectivity index (χ2v) is 7.99. The second kappa shape index (κ2) is 8.20. The molecule has 0 saturated carbocycles. The summed E-state index contributed by atoms with van der Waals surface area (Å²) < 4.78 is 5.40. The molecule has 0 aromatic heterocycles. The lowest BCUT2D eigenvalue weighted by Gasteiger charge is -2.28. The van der Waals surface area contributed by atoms with Gasteiger partial charge in [0.2, 0.25) is 0 Å². The van der Waals surface area contributed by atoms with Gasteiger partial charge < -0.3 is 15.0 Å². The van der Waals surface area contributed by atoms with Crippen LogP contribution in [0.2, 0.25) is 0 Å². The van der Waals surface area contributed by atoms with Crippen molar-refractivity contribution in [1.82, 2.24) is 5.32 Å². The molecule has 2 aromatic carbocycles. The molecular weight excluding hydrogens is 370 g/mol. The lowest BCUT2D eigenvalue weighted by molar-refractivity contribution is -0.115. The van der Waals surface area contributed by atoms with Gasteiger partial charge in [0, 0.05) is 18.8 Å². The van der Waals surface area contributed by atoms with Crippen molar-refractivity contribution in [3.63, 3.8) is 0 Å². The van der Waals surface area contributed by atoms with E-state index in [1.54, 1.807) is 0 Å². The first-order chi connectivity index (χ1) is 13.6. The zero-order valence-corrected chi connectivity index (χ0v) is 16.9. The van der Waals surface area contributed by atoms with E-state index in [1.807, 2.05) is 37.3 Å². The van der Waals surface area contributed by atoms with Crippen molar-refractivity contribution in [2.75, 3.05) is 31.2 Å². The maximum Gasteiger partial charge on any atom is 0.264 e. The van der Waals surface area contributed by atoms with Crippen LogP contribution in [0.15, 0.2) is 52.4 Å². The number of rotatable bonds is 3. The summed E-state index contributed by atoms with van der Waals surface area (Å²) in [5.41, 5.74) is 5.36. The average Bonchev–Trinajstić information content (AvgIpc) is 3.04. The number of morpholine rings is 1. The standard InChI is InChI=1S/C22H23N3O2S/c1-15-3-8-19(16(2)13-15)23-22-24-21(26)20(28-22)14-17-4-6-18(7-5-17)25-9-11-27-12-10-25/h3-8,13-14H,9-12H2,1-2H3,(H,23,24,26)/b20-14-. The van der Waals surface area contributed by atoms with E-state index in [4.69, 9.17) is 4.74 Å². The van der Waals surface area contributed by atoms with Gasteiger partial charge >= 0.3 is 0 Å². The molecule has 1 N–H and O–H groups in total. The normalized spacial score (nSPS) is 20.1. The fourth-order valence-corrected chi connectivity index (χ4v) is 4.11. The summed E-state index contributed by atoms with van der Waals surface area (Å²) in [6.07, 6.45) is 1.91. The van der Waals surface area contributed by atoms with Crippen molar-refractivity contribution in [2.45, 2.75) is 13.8 Å². The molecular formula is C22H23N3O2S. The highest BCUT2D eigenvalue weighted by Gasteiger charge is 2.24. The van der Waals surface area contributed by atoms with Gasteiger partial charge in [-0.1, -0.05) is 29.8 Å². The van der Waals surface area contributed by atoms with Gasteiger partial charge in [0.1, 0.15) is 0 Å². The van der Waals surface area contributed by atoms with Crippen molar-refractivity contribution in [3.05, 3.63) is 64.1 Å². The Morgan fingerprint density at radius 3 is 2.57 bits per heavy atom. The van der Waals surface area contributed by atoms with Gasteiger partial charge in [-0.05, 0) is 61.0 Å². The zero-order chi connectivity index (χ0) is 19.5. The second-order valence-electron chi connectivity index (χ2n) is 6.96. The Labute approximate surface area is 169 Å². The van der Waals surface area contributed by atoms with Crippen LogP contribution in [0.25, 0.3) is 6.08 Å². The molecule has 0 radical (unpaired) electrons.